The van der Waals surface area contributed by atoms with Gasteiger partial charge in [0, 0.05) is 22.6 Å². The van der Waals surface area contributed by atoms with Crippen molar-refractivity contribution in [3.63, 3.8) is 0 Å². The summed E-state index contributed by atoms with van der Waals surface area (Å²) in [4.78, 5) is 0. The van der Waals surface area contributed by atoms with Gasteiger partial charge in [0.2, 0.25) is 0 Å². The highest BCUT2D eigenvalue weighted by Crippen LogP contribution is 2.28. The molecule has 20 heavy (non-hydrogen) atoms. The molecule has 0 aliphatic heterocycles. The first-order chi connectivity index (χ1) is 9.47. The van der Waals surface area contributed by atoms with Gasteiger partial charge in [0.15, 0.2) is 0 Å². The molecule has 0 amide bonds. The first kappa shape index (κ1) is 15.6. The van der Waals surface area contributed by atoms with Crippen LogP contribution in [-0.4, -0.2) is 0 Å². The lowest BCUT2D eigenvalue weighted by atomic mass is 10.1. The highest BCUT2D eigenvalue weighted by atomic mass is 35.5. The minimum Gasteiger partial charge on any atom is -0.306 e. The van der Waals surface area contributed by atoms with Crippen LogP contribution in [0.5, 0.6) is 0 Å². The number of nitrogens with one attached hydrogen (secondary N) is 1. The van der Waals surface area contributed by atoms with Gasteiger partial charge in [-0.3, -0.25) is 0 Å². The summed E-state index contributed by atoms with van der Waals surface area (Å²) in [6.07, 6.45) is 0. The van der Waals surface area contributed by atoms with Crippen molar-refractivity contribution in [3.8, 4) is 0 Å². The zero-order chi connectivity index (χ0) is 14.7. The van der Waals surface area contributed by atoms with Gasteiger partial charge in [-0.2, -0.15) is 0 Å². The maximum atomic E-state index is 13.5. The van der Waals surface area contributed by atoms with E-state index in [2.05, 4.69) is 5.32 Å². The van der Waals surface area contributed by atoms with Crippen LogP contribution in [-0.2, 0) is 6.54 Å². The summed E-state index contributed by atoms with van der Waals surface area (Å²) in [6, 6.07) is 10.2. The van der Waals surface area contributed by atoms with Gasteiger partial charge in [-0.1, -0.05) is 46.9 Å². The van der Waals surface area contributed by atoms with Gasteiger partial charge in [0.25, 0.3) is 0 Å². The summed E-state index contributed by atoms with van der Waals surface area (Å²) in [5, 5.41) is 4.47. The molecule has 0 spiro atoms. The predicted octanol–water partition coefficient (Wildman–Crippen LogP) is 5.64. The molecule has 0 heterocycles. The van der Waals surface area contributed by atoms with Crippen LogP contribution in [0.15, 0.2) is 36.4 Å². The third kappa shape index (κ3) is 3.86. The maximum absolute atomic E-state index is 13.5. The first-order valence-corrected chi connectivity index (χ1v) is 7.23. The summed E-state index contributed by atoms with van der Waals surface area (Å²) >= 11 is 17.6. The van der Waals surface area contributed by atoms with Gasteiger partial charge in [-0.05, 0) is 42.3 Å². The SMILES string of the molecule is CC(NCc1ccc(Cl)cc1)c1cc(F)c(Cl)cc1Cl. The molecule has 2 aromatic carbocycles. The van der Waals surface area contributed by atoms with Crippen molar-refractivity contribution in [1.82, 2.24) is 5.32 Å². The summed E-state index contributed by atoms with van der Waals surface area (Å²) in [5.74, 6) is -0.466. The van der Waals surface area contributed by atoms with E-state index < -0.39 is 5.82 Å². The molecule has 1 nitrogen and oxygen atoms in total. The summed E-state index contributed by atoms with van der Waals surface area (Å²) in [7, 11) is 0. The molecule has 0 aliphatic rings. The van der Waals surface area contributed by atoms with Crippen molar-refractivity contribution >= 4 is 34.8 Å². The van der Waals surface area contributed by atoms with E-state index in [-0.39, 0.29) is 11.1 Å². The highest BCUT2D eigenvalue weighted by molar-refractivity contribution is 6.35. The number of hydrogen-bond donors (Lipinski definition) is 1. The third-order valence-corrected chi connectivity index (χ3v) is 3.90. The van der Waals surface area contributed by atoms with E-state index in [0.717, 1.165) is 5.56 Å². The van der Waals surface area contributed by atoms with Crippen molar-refractivity contribution in [2.24, 2.45) is 0 Å². The predicted molar refractivity (Wildman–Crippen MR) is 83.1 cm³/mol. The quantitative estimate of drug-likeness (QED) is 0.715. The molecule has 0 radical (unpaired) electrons. The number of hydrogen-bond acceptors (Lipinski definition) is 1. The van der Waals surface area contributed by atoms with Crippen LogP contribution in [0.3, 0.4) is 0 Å². The molecule has 1 unspecified atom stereocenters. The molecule has 106 valence electrons. The minimum absolute atomic E-state index is 0.0312. The Morgan fingerprint density at radius 1 is 1.05 bits per heavy atom. The molecule has 0 fully saturated rings. The fourth-order valence-corrected chi connectivity index (χ4v) is 2.53. The van der Waals surface area contributed by atoms with Crippen LogP contribution in [0, 0.1) is 5.82 Å². The van der Waals surface area contributed by atoms with Crippen LogP contribution in [0.2, 0.25) is 15.1 Å². The average Bonchev–Trinajstić information content (AvgIpc) is 2.42. The molecule has 0 aliphatic carbocycles. The Bertz CT molecular complexity index is 599. The standard InChI is InChI=1S/C15H13Cl3FN/c1-9(12-6-15(19)14(18)7-13(12)17)20-8-10-2-4-11(16)5-3-10/h2-7,9,20H,8H2,1H3. The average molecular weight is 333 g/mol. The van der Waals surface area contributed by atoms with Crippen LogP contribution in [0.25, 0.3) is 0 Å². The Morgan fingerprint density at radius 2 is 1.70 bits per heavy atom. The Balaban J connectivity index is 2.06. The van der Waals surface area contributed by atoms with Crippen LogP contribution >= 0.6 is 34.8 Å². The maximum Gasteiger partial charge on any atom is 0.142 e. The molecule has 0 aromatic heterocycles. The minimum atomic E-state index is -0.466. The van der Waals surface area contributed by atoms with Gasteiger partial charge in [0.1, 0.15) is 5.82 Å². The van der Waals surface area contributed by atoms with Crippen molar-refractivity contribution in [1.29, 1.82) is 0 Å². The molecular weight excluding hydrogens is 320 g/mol. The number of benzene rings is 2. The van der Waals surface area contributed by atoms with E-state index in [0.29, 0.717) is 22.2 Å². The van der Waals surface area contributed by atoms with Crippen LogP contribution in [0.4, 0.5) is 4.39 Å². The van der Waals surface area contributed by atoms with Crippen molar-refractivity contribution in [3.05, 3.63) is 68.4 Å². The normalized spacial score (nSPS) is 12.4. The topological polar surface area (TPSA) is 12.0 Å². The second-order valence-electron chi connectivity index (χ2n) is 4.52. The van der Waals surface area contributed by atoms with Gasteiger partial charge in [0.05, 0.1) is 5.02 Å². The Morgan fingerprint density at radius 3 is 2.35 bits per heavy atom. The number of halogens is 4. The zero-order valence-electron chi connectivity index (χ0n) is 10.8. The van der Waals surface area contributed by atoms with E-state index in [1.807, 2.05) is 31.2 Å². The summed E-state index contributed by atoms with van der Waals surface area (Å²) in [5.41, 5.74) is 1.77. The summed E-state index contributed by atoms with van der Waals surface area (Å²) < 4.78 is 13.5. The molecule has 0 saturated heterocycles. The fraction of sp³-hybridized carbons (Fsp3) is 0.200. The molecule has 1 atom stereocenters. The van der Waals surface area contributed by atoms with E-state index in [4.69, 9.17) is 34.8 Å². The zero-order valence-corrected chi connectivity index (χ0v) is 13.0. The molecule has 0 saturated carbocycles. The van der Waals surface area contributed by atoms with E-state index in [1.165, 1.54) is 12.1 Å². The van der Waals surface area contributed by atoms with E-state index in [9.17, 15) is 4.39 Å². The second kappa shape index (κ2) is 6.77. The Labute approximate surface area is 132 Å². The highest BCUT2D eigenvalue weighted by Gasteiger charge is 2.13. The molecular formula is C15H13Cl3FN. The molecule has 5 heteroatoms. The summed E-state index contributed by atoms with van der Waals surface area (Å²) in [6.45, 7) is 2.56. The molecule has 0 bridgehead atoms. The van der Waals surface area contributed by atoms with Crippen LogP contribution < -0.4 is 5.32 Å². The van der Waals surface area contributed by atoms with Crippen molar-refractivity contribution < 1.29 is 4.39 Å². The fourth-order valence-electron chi connectivity index (χ4n) is 1.85. The van der Waals surface area contributed by atoms with Gasteiger partial charge in [-0.25, -0.2) is 4.39 Å². The van der Waals surface area contributed by atoms with Crippen molar-refractivity contribution in [2.75, 3.05) is 0 Å². The smallest absolute Gasteiger partial charge is 0.142 e. The van der Waals surface area contributed by atoms with Crippen molar-refractivity contribution in [2.45, 2.75) is 19.5 Å². The van der Waals surface area contributed by atoms with Gasteiger partial charge < -0.3 is 5.32 Å². The van der Waals surface area contributed by atoms with E-state index in [1.54, 1.807) is 0 Å². The van der Waals surface area contributed by atoms with Gasteiger partial charge >= 0.3 is 0 Å². The lowest BCUT2D eigenvalue weighted by molar-refractivity contribution is 0.565. The number of rotatable bonds is 4. The first-order valence-electron chi connectivity index (χ1n) is 6.09. The third-order valence-electron chi connectivity index (χ3n) is 3.03. The molecule has 2 aromatic rings. The van der Waals surface area contributed by atoms with Gasteiger partial charge in [-0.15, -0.1) is 0 Å². The lowest BCUT2D eigenvalue weighted by Crippen LogP contribution is -2.18. The van der Waals surface area contributed by atoms with E-state index >= 15 is 0 Å². The Hall–Kier alpha value is -0.800. The second-order valence-corrected chi connectivity index (χ2v) is 5.77. The molecule has 1 N–H and O–H groups in total. The monoisotopic (exact) mass is 331 g/mol. The largest absolute Gasteiger partial charge is 0.306 e. The Kier molecular flexibility index (Phi) is 5.28. The molecule has 2 rings (SSSR count). The van der Waals surface area contributed by atoms with Crippen LogP contribution in [0.1, 0.15) is 24.1 Å². The lowest BCUT2D eigenvalue weighted by Gasteiger charge is -2.16.